The second-order valence-corrected chi connectivity index (χ2v) is 7.31. The predicted molar refractivity (Wildman–Crippen MR) is 114 cm³/mol. The van der Waals surface area contributed by atoms with E-state index in [-0.39, 0.29) is 18.3 Å². The molecular weight excluding hydrogens is 392 g/mol. The molecule has 0 spiro atoms. The molecule has 0 radical (unpaired) electrons. The molecule has 10 heteroatoms. The number of hydrogen-bond donors (Lipinski definition) is 2. The zero-order chi connectivity index (χ0) is 19.2. The Bertz CT molecular complexity index is 757. The summed E-state index contributed by atoms with van der Waals surface area (Å²) in [6.45, 7) is 7.13. The van der Waals surface area contributed by atoms with Gasteiger partial charge in [-0.15, -0.1) is 12.4 Å². The summed E-state index contributed by atoms with van der Waals surface area (Å²) >= 11 is 0. The Hall–Kier alpha value is -2.23. The summed E-state index contributed by atoms with van der Waals surface area (Å²) in [5, 5.41) is 10.8. The van der Waals surface area contributed by atoms with Crippen molar-refractivity contribution in [2.24, 2.45) is 0 Å². The number of anilines is 1. The van der Waals surface area contributed by atoms with Crippen LogP contribution in [0.25, 0.3) is 0 Å². The van der Waals surface area contributed by atoms with Gasteiger partial charge < -0.3 is 15.5 Å². The summed E-state index contributed by atoms with van der Waals surface area (Å²) in [6.07, 6.45) is 7.72. The third kappa shape index (κ3) is 5.65. The van der Waals surface area contributed by atoms with Crippen LogP contribution in [0.5, 0.6) is 0 Å². The monoisotopic (exact) mass is 420 g/mol. The maximum Gasteiger partial charge on any atom is 0.271 e. The molecule has 2 fully saturated rings. The summed E-state index contributed by atoms with van der Waals surface area (Å²) in [6, 6.07) is 3.99. The Morgan fingerprint density at radius 2 is 2.00 bits per heavy atom. The standard InChI is InChI=1S/C19H28N8O.ClH/c28-18(17-4-9-27(24-17)16-3-1-5-20-15-16)21-8-10-25-11-13-26(14-12-25)19-22-6-2-7-23-19;/h2,4,6-7,9,16,20H,1,3,5,8,10-15H2,(H,21,28);1H. The van der Waals surface area contributed by atoms with Crippen LogP contribution in [-0.2, 0) is 0 Å². The Kier molecular flexibility index (Phi) is 7.79. The van der Waals surface area contributed by atoms with Gasteiger partial charge in [-0.2, -0.15) is 5.10 Å². The first kappa shape index (κ1) is 21.5. The molecule has 1 atom stereocenters. The fraction of sp³-hybridized carbons (Fsp3) is 0.579. The Morgan fingerprint density at radius 3 is 2.72 bits per heavy atom. The Labute approximate surface area is 177 Å². The van der Waals surface area contributed by atoms with Gasteiger partial charge in [0.25, 0.3) is 5.91 Å². The lowest BCUT2D eigenvalue weighted by Gasteiger charge is -2.34. The van der Waals surface area contributed by atoms with E-state index in [1.165, 1.54) is 0 Å². The van der Waals surface area contributed by atoms with Gasteiger partial charge >= 0.3 is 0 Å². The highest BCUT2D eigenvalue weighted by Crippen LogP contribution is 2.15. The van der Waals surface area contributed by atoms with Crippen LogP contribution in [0.3, 0.4) is 0 Å². The maximum absolute atomic E-state index is 12.4. The highest BCUT2D eigenvalue weighted by atomic mass is 35.5. The second kappa shape index (κ2) is 10.5. The van der Waals surface area contributed by atoms with Gasteiger partial charge in [0.15, 0.2) is 0 Å². The van der Waals surface area contributed by atoms with E-state index in [2.05, 4.69) is 35.5 Å². The van der Waals surface area contributed by atoms with Gasteiger partial charge in [0.05, 0.1) is 6.04 Å². The van der Waals surface area contributed by atoms with Crippen LogP contribution in [-0.4, -0.2) is 82.9 Å². The fourth-order valence-corrected chi connectivity index (χ4v) is 3.77. The molecule has 1 amide bonds. The van der Waals surface area contributed by atoms with Crippen molar-refractivity contribution in [3.63, 3.8) is 0 Å². The Balaban J connectivity index is 0.00000240. The largest absolute Gasteiger partial charge is 0.349 e. The zero-order valence-electron chi connectivity index (χ0n) is 16.5. The number of carbonyl (C=O) groups excluding carboxylic acids is 1. The molecule has 0 saturated carbocycles. The van der Waals surface area contributed by atoms with E-state index in [9.17, 15) is 4.79 Å². The first-order valence-electron chi connectivity index (χ1n) is 10.1. The minimum Gasteiger partial charge on any atom is -0.349 e. The molecule has 1 unspecified atom stereocenters. The molecule has 4 rings (SSSR count). The summed E-state index contributed by atoms with van der Waals surface area (Å²) in [5.74, 6) is 0.693. The Morgan fingerprint density at radius 1 is 1.21 bits per heavy atom. The molecule has 2 aliphatic rings. The van der Waals surface area contributed by atoms with Crippen LogP contribution < -0.4 is 15.5 Å². The number of halogens is 1. The van der Waals surface area contributed by atoms with Gasteiger partial charge in [-0.3, -0.25) is 14.4 Å². The van der Waals surface area contributed by atoms with Crippen molar-refractivity contribution in [3.8, 4) is 0 Å². The summed E-state index contributed by atoms with van der Waals surface area (Å²) in [7, 11) is 0. The number of rotatable bonds is 6. The number of aromatic nitrogens is 4. The number of carbonyl (C=O) groups is 1. The van der Waals surface area contributed by atoms with Gasteiger partial charge in [0, 0.05) is 64.4 Å². The fourth-order valence-electron chi connectivity index (χ4n) is 3.77. The van der Waals surface area contributed by atoms with E-state index in [1.54, 1.807) is 12.4 Å². The van der Waals surface area contributed by atoms with Crippen LogP contribution >= 0.6 is 12.4 Å². The average molecular weight is 421 g/mol. The zero-order valence-corrected chi connectivity index (χ0v) is 17.4. The first-order chi connectivity index (χ1) is 13.8. The summed E-state index contributed by atoms with van der Waals surface area (Å²) < 4.78 is 1.92. The molecule has 9 nitrogen and oxygen atoms in total. The van der Waals surface area contributed by atoms with Crippen LogP contribution in [0.1, 0.15) is 29.4 Å². The SMILES string of the molecule is Cl.O=C(NCCN1CCN(c2ncccn2)CC1)c1ccn(C2CCCNC2)n1. The molecule has 0 bridgehead atoms. The molecule has 29 heavy (non-hydrogen) atoms. The maximum atomic E-state index is 12.4. The number of amides is 1. The normalized spacial score (nSPS) is 20.1. The number of piperidine rings is 1. The van der Waals surface area contributed by atoms with Gasteiger partial charge in [-0.25, -0.2) is 9.97 Å². The third-order valence-corrected chi connectivity index (χ3v) is 5.41. The highest BCUT2D eigenvalue weighted by Gasteiger charge is 2.20. The minimum absolute atomic E-state index is 0. The van der Waals surface area contributed by atoms with Crippen molar-refractivity contribution >= 4 is 24.3 Å². The molecule has 2 aromatic rings. The first-order valence-corrected chi connectivity index (χ1v) is 10.1. The van der Waals surface area contributed by atoms with Crippen molar-refractivity contribution < 1.29 is 4.79 Å². The number of nitrogens with one attached hydrogen (secondary N) is 2. The van der Waals surface area contributed by atoms with E-state index in [4.69, 9.17) is 0 Å². The van der Waals surface area contributed by atoms with Crippen molar-refractivity contribution in [3.05, 3.63) is 36.4 Å². The smallest absolute Gasteiger partial charge is 0.271 e. The third-order valence-electron chi connectivity index (χ3n) is 5.41. The molecular formula is C19H29ClN8O. The topological polar surface area (TPSA) is 91.2 Å². The minimum atomic E-state index is -0.0983. The molecule has 2 saturated heterocycles. The molecule has 2 aliphatic heterocycles. The van der Waals surface area contributed by atoms with Gasteiger partial charge in [-0.1, -0.05) is 0 Å². The number of hydrogen-bond acceptors (Lipinski definition) is 7. The van der Waals surface area contributed by atoms with Crippen LogP contribution in [0.2, 0.25) is 0 Å². The van der Waals surface area contributed by atoms with Crippen LogP contribution in [0.15, 0.2) is 30.7 Å². The average Bonchev–Trinajstić information content (AvgIpc) is 3.26. The quantitative estimate of drug-likeness (QED) is 0.706. The molecule has 4 heterocycles. The van der Waals surface area contributed by atoms with Gasteiger partial charge in [-0.05, 0) is 31.5 Å². The lowest BCUT2D eigenvalue weighted by molar-refractivity contribution is 0.0941. The van der Waals surface area contributed by atoms with Crippen molar-refractivity contribution in [1.29, 1.82) is 0 Å². The summed E-state index contributed by atoms with van der Waals surface area (Å²) in [4.78, 5) is 25.5. The van der Waals surface area contributed by atoms with E-state index < -0.39 is 0 Å². The number of piperazine rings is 1. The van der Waals surface area contributed by atoms with Crippen LogP contribution in [0.4, 0.5) is 5.95 Å². The van der Waals surface area contributed by atoms with Crippen molar-refractivity contribution in [2.75, 3.05) is 57.3 Å². The van der Waals surface area contributed by atoms with E-state index in [0.29, 0.717) is 18.3 Å². The molecule has 158 valence electrons. The second-order valence-electron chi connectivity index (χ2n) is 7.31. The lowest BCUT2D eigenvalue weighted by atomic mass is 10.1. The van der Waals surface area contributed by atoms with E-state index >= 15 is 0 Å². The van der Waals surface area contributed by atoms with Crippen molar-refractivity contribution in [2.45, 2.75) is 18.9 Å². The van der Waals surface area contributed by atoms with E-state index in [0.717, 1.165) is 64.6 Å². The molecule has 2 aromatic heterocycles. The van der Waals surface area contributed by atoms with Gasteiger partial charge in [0.1, 0.15) is 5.69 Å². The van der Waals surface area contributed by atoms with E-state index in [1.807, 2.05) is 23.0 Å². The highest BCUT2D eigenvalue weighted by molar-refractivity contribution is 5.92. The predicted octanol–water partition coefficient (Wildman–Crippen LogP) is 0.571. The molecule has 2 N–H and O–H groups in total. The van der Waals surface area contributed by atoms with Crippen molar-refractivity contribution in [1.82, 2.24) is 35.3 Å². The van der Waals surface area contributed by atoms with Crippen LogP contribution in [0, 0.1) is 0 Å². The lowest BCUT2D eigenvalue weighted by Crippen LogP contribution is -2.49. The van der Waals surface area contributed by atoms with Gasteiger partial charge in [0.2, 0.25) is 5.95 Å². The summed E-state index contributed by atoms with van der Waals surface area (Å²) in [5.41, 5.74) is 0.497. The molecule has 0 aromatic carbocycles. The number of nitrogens with zero attached hydrogens (tertiary/aromatic N) is 6. The molecule has 0 aliphatic carbocycles.